The van der Waals surface area contributed by atoms with E-state index >= 15 is 0 Å². The first-order chi connectivity index (χ1) is 7.61. The maximum Gasteiger partial charge on any atom is 0.0743 e. The van der Waals surface area contributed by atoms with Crippen LogP contribution in [0.1, 0.15) is 58.8 Å². The van der Waals surface area contributed by atoms with E-state index in [9.17, 15) is 0 Å². The van der Waals surface area contributed by atoms with Crippen molar-refractivity contribution >= 4 is 0 Å². The molecule has 1 N–H and O–H groups in total. The van der Waals surface area contributed by atoms with Crippen LogP contribution in [-0.4, -0.2) is 11.6 Å². The molecule has 0 aromatic heterocycles. The summed E-state index contributed by atoms with van der Waals surface area (Å²) in [5.41, 5.74) is -0.133. The van der Waals surface area contributed by atoms with Gasteiger partial charge in [-0.25, -0.2) is 0 Å². The first kappa shape index (κ1) is 12.0. The topological polar surface area (TPSA) is 12.0 Å². The second-order valence-corrected chi connectivity index (χ2v) is 6.23. The molecule has 3 atom stereocenters. The third kappa shape index (κ3) is 2.80. The number of terminal acetylenes is 1. The summed E-state index contributed by atoms with van der Waals surface area (Å²) in [5.74, 6) is 4.86. The molecule has 2 aliphatic rings. The van der Waals surface area contributed by atoms with Crippen molar-refractivity contribution in [1.82, 2.24) is 5.32 Å². The second-order valence-electron chi connectivity index (χ2n) is 6.23. The van der Waals surface area contributed by atoms with Crippen molar-refractivity contribution in [1.29, 1.82) is 0 Å². The fraction of sp³-hybridized carbons (Fsp3) is 0.867. The smallest absolute Gasteiger partial charge is 0.0743 e. The monoisotopic (exact) mass is 219 g/mol. The average molecular weight is 219 g/mol. The van der Waals surface area contributed by atoms with E-state index in [1.807, 2.05) is 0 Å². The molecule has 1 nitrogen and oxygen atoms in total. The Bertz CT molecular complexity index is 274. The Morgan fingerprint density at radius 1 is 1.06 bits per heavy atom. The Labute approximate surface area is 100 Å². The molecule has 2 saturated carbocycles. The van der Waals surface area contributed by atoms with Gasteiger partial charge in [-0.05, 0) is 44.9 Å². The number of hydrogen-bond donors (Lipinski definition) is 1. The first-order valence-electron chi connectivity index (χ1n) is 6.86. The van der Waals surface area contributed by atoms with Gasteiger partial charge in [-0.1, -0.05) is 31.6 Å². The Morgan fingerprint density at radius 3 is 2.44 bits per heavy atom. The van der Waals surface area contributed by atoms with E-state index < -0.39 is 0 Å². The molecule has 2 rings (SSSR count). The number of nitrogens with one attached hydrogen (secondary N) is 1. The van der Waals surface area contributed by atoms with Crippen LogP contribution in [0, 0.1) is 24.2 Å². The first-order valence-corrected chi connectivity index (χ1v) is 6.86. The van der Waals surface area contributed by atoms with Gasteiger partial charge in [-0.15, -0.1) is 6.42 Å². The lowest BCUT2D eigenvalue weighted by atomic mass is 9.69. The molecular weight excluding hydrogens is 194 g/mol. The van der Waals surface area contributed by atoms with Crippen molar-refractivity contribution < 1.29 is 0 Å². The van der Waals surface area contributed by atoms with Gasteiger partial charge in [0.15, 0.2) is 0 Å². The lowest BCUT2D eigenvalue weighted by Crippen LogP contribution is -2.48. The van der Waals surface area contributed by atoms with Crippen molar-refractivity contribution in [3.8, 4) is 12.3 Å². The van der Waals surface area contributed by atoms with Crippen LogP contribution in [0.5, 0.6) is 0 Å². The minimum Gasteiger partial charge on any atom is -0.299 e. The highest BCUT2D eigenvalue weighted by Gasteiger charge is 2.33. The average Bonchev–Trinajstić information content (AvgIpc) is 2.28. The van der Waals surface area contributed by atoms with Gasteiger partial charge in [0, 0.05) is 6.04 Å². The normalized spacial score (nSPS) is 35.2. The highest BCUT2D eigenvalue weighted by molar-refractivity contribution is 5.08. The van der Waals surface area contributed by atoms with Gasteiger partial charge in [0.1, 0.15) is 0 Å². The number of hydrogen-bond acceptors (Lipinski definition) is 1. The summed E-state index contributed by atoms with van der Waals surface area (Å²) in [7, 11) is 0. The van der Waals surface area contributed by atoms with E-state index in [1.54, 1.807) is 0 Å². The summed E-state index contributed by atoms with van der Waals surface area (Å²) in [6, 6.07) is 0.658. The Kier molecular flexibility index (Phi) is 3.60. The lowest BCUT2D eigenvalue weighted by Gasteiger charge is -2.41. The molecule has 90 valence electrons. The van der Waals surface area contributed by atoms with Crippen LogP contribution in [0.3, 0.4) is 0 Å². The number of fused-ring (bicyclic) bond motifs is 1. The third-order valence-electron chi connectivity index (χ3n) is 4.47. The molecule has 0 aromatic carbocycles. The molecule has 2 fully saturated rings. The van der Waals surface area contributed by atoms with Crippen molar-refractivity contribution in [2.24, 2.45) is 11.8 Å². The zero-order chi connectivity index (χ0) is 11.6. The van der Waals surface area contributed by atoms with Crippen molar-refractivity contribution in [3.63, 3.8) is 0 Å². The molecule has 0 spiro atoms. The van der Waals surface area contributed by atoms with Crippen LogP contribution in [0.2, 0.25) is 0 Å². The minimum absolute atomic E-state index is 0.133. The molecule has 0 amide bonds. The highest BCUT2D eigenvalue weighted by Crippen LogP contribution is 2.40. The van der Waals surface area contributed by atoms with E-state index in [2.05, 4.69) is 25.1 Å². The van der Waals surface area contributed by atoms with Crippen LogP contribution in [0.25, 0.3) is 0 Å². The molecule has 0 aromatic rings. The molecule has 2 aliphatic carbocycles. The highest BCUT2D eigenvalue weighted by atomic mass is 15.0. The standard InChI is InChI=1S/C15H25N/c1-4-15(2,3)16-14-10-9-12-7-5-6-8-13(12)11-14/h1,12-14,16H,5-11H2,2-3H3. The summed E-state index contributed by atoms with van der Waals surface area (Å²) >= 11 is 0. The van der Waals surface area contributed by atoms with Gasteiger partial charge in [0.05, 0.1) is 5.54 Å². The fourth-order valence-electron chi connectivity index (χ4n) is 3.56. The lowest BCUT2D eigenvalue weighted by molar-refractivity contribution is 0.136. The quantitative estimate of drug-likeness (QED) is 0.702. The summed E-state index contributed by atoms with van der Waals surface area (Å²) in [6.07, 6.45) is 15.5. The van der Waals surface area contributed by atoms with E-state index in [1.165, 1.54) is 44.9 Å². The van der Waals surface area contributed by atoms with Gasteiger partial charge in [0.25, 0.3) is 0 Å². The van der Waals surface area contributed by atoms with Crippen molar-refractivity contribution in [3.05, 3.63) is 0 Å². The Morgan fingerprint density at radius 2 is 1.75 bits per heavy atom. The largest absolute Gasteiger partial charge is 0.299 e. The Hall–Kier alpha value is -0.480. The SMILES string of the molecule is C#CC(C)(C)NC1CCC2CCCCC2C1. The second kappa shape index (κ2) is 4.80. The summed E-state index contributed by atoms with van der Waals surface area (Å²) < 4.78 is 0. The molecule has 0 saturated heterocycles. The van der Waals surface area contributed by atoms with E-state index in [4.69, 9.17) is 6.42 Å². The van der Waals surface area contributed by atoms with Crippen LogP contribution >= 0.6 is 0 Å². The Balaban J connectivity index is 1.88. The summed E-state index contributed by atoms with van der Waals surface area (Å²) in [4.78, 5) is 0. The zero-order valence-corrected chi connectivity index (χ0v) is 10.8. The van der Waals surface area contributed by atoms with Gasteiger partial charge in [-0.3, -0.25) is 5.32 Å². The molecule has 16 heavy (non-hydrogen) atoms. The van der Waals surface area contributed by atoms with Crippen LogP contribution < -0.4 is 5.32 Å². The minimum atomic E-state index is -0.133. The van der Waals surface area contributed by atoms with E-state index in [0.29, 0.717) is 6.04 Å². The zero-order valence-electron chi connectivity index (χ0n) is 10.8. The van der Waals surface area contributed by atoms with Crippen LogP contribution in [0.4, 0.5) is 0 Å². The van der Waals surface area contributed by atoms with Crippen molar-refractivity contribution in [2.75, 3.05) is 0 Å². The fourth-order valence-corrected chi connectivity index (χ4v) is 3.56. The molecule has 0 bridgehead atoms. The molecule has 3 unspecified atom stereocenters. The molecule has 1 heteroatoms. The molecular formula is C15H25N. The molecule has 0 aliphatic heterocycles. The predicted octanol–water partition coefficient (Wildman–Crippen LogP) is 3.35. The maximum atomic E-state index is 5.54. The predicted molar refractivity (Wildman–Crippen MR) is 69.1 cm³/mol. The van der Waals surface area contributed by atoms with Gasteiger partial charge < -0.3 is 0 Å². The maximum absolute atomic E-state index is 5.54. The summed E-state index contributed by atoms with van der Waals surface area (Å²) in [5, 5.41) is 3.64. The van der Waals surface area contributed by atoms with Crippen molar-refractivity contribution in [2.45, 2.75) is 70.4 Å². The van der Waals surface area contributed by atoms with Crippen LogP contribution in [-0.2, 0) is 0 Å². The summed E-state index contributed by atoms with van der Waals surface area (Å²) in [6.45, 7) is 4.22. The van der Waals surface area contributed by atoms with E-state index in [0.717, 1.165) is 11.8 Å². The molecule has 0 radical (unpaired) electrons. The van der Waals surface area contributed by atoms with E-state index in [-0.39, 0.29) is 5.54 Å². The van der Waals surface area contributed by atoms with Gasteiger partial charge >= 0.3 is 0 Å². The van der Waals surface area contributed by atoms with Gasteiger partial charge in [-0.2, -0.15) is 0 Å². The third-order valence-corrected chi connectivity index (χ3v) is 4.47. The van der Waals surface area contributed by atoms with Crippen LogP contribution in [0.15, 0.2) is 0 Å². The molecule has 0 heterocycles. The number of rotatable bonds is 2. The van der Waals surface area contributed by atoms with Gasteiger partial charge in [0.2, 0.25) is 0 Å².